The van der Waals surface area contributed by atoms with Gasteiger partial charge in [-0.05, 0) is 37.7 Å². The van der Waals surface area contributed by atoms with Gasteiger partial charge in [0.1, 0.15) is 0 Å². The lowest BCUT2D eigenvalue weighted by molar-refractivity contribution is -0.137. The monoisotopic (exact) mass is 256 g/mol. The summed E-state index contributed by atoms with van der Waals surface area (Å²) >= 11 is 0. The minimum Gasteiger partial charge on any atom is -0.302 e. The maximum absolute atomic E-state index is 12.3. The molecular weight excluding hydrogens is 241 g/mol. The van der Waals surface area contributed by atoms with Gasteiger partial charge in [0.05, 0.1) is 11.6 Å². The van der Waals surface area contributed by atoms with E-state index >= 15 is 0 Å². The van der Waals surface area contributed by atoms with Gasteiger partial charge >= 0.3 is 6.18 Å². The van der Waals surface area contributed by atoms with Crippen LogP contribution in [-0.4, -0.2) is 18.5 Å². The number of alkyl halides is 3. The fraction of sp³-hybridized carbons (Fsp3) is 0.462. The van der Waals surface area contributed by atoms with Gasteiger partial charge in [0, 0.05) is 13.0 Å². The molecule has 0 aliphatic carbocycles. The standard InChI is InChI=1S/C13H15F3N2/c1-18(9-3-2-8-17)10-11-4-6-12(7-5-11)13(14,15)16/h4-7H,2-3,9-10H2,1H3. The topological polar surface area (TPSA) is 27.0 Å². The molecule has 1 aromatic rings. The van der Waals surface area contributed by atoms with Crippen LogP contribution in [0.5, 0.6) is 0 Å². The van der Waals surface area contributed by atoms with E-state index in [1.807, 2.05) is 11.9 Å². The zero-order valence-corrected chi connectivity index (χ0v) is 10.2. The Morgan fingerprint density at radius 1 is 1.22 bits per heavy atom. The van der Waals surface area contributed by atoms with Crippen LogP contribution in [0.25, 0.3) is 0 Å². The molecule has 0 aliphatic heterocycles. The lowest BCUT2D eigenvalue weighted by Crippen LogP contribution is -2.19. The van der Waals surface area contributed by atoms with Crippen LogP contribution in [0.2, 0.25) is 0 Å². The van der Waals surface area contributed by atoms with Crippen LogP contribution in [-0.2, 0) is 12.7 Å². The highest BCUT2D eigenvalue weighted by atomic mass is 19.4. The number of halogens is 3. The normalized spacial score (nSPS) is 11.6. The maximum Gasteiger partial charge on any atom is 0.416 e. The molecule has 5 heteroatoms. The first-order valence-electron chi connectivity index (χ1n) is 5.65. The quantitative estimate of drug-likeness (QED) is 0.754. The average molecular weight is 256 g/mol. The molecule has 0 bridgehead atoms. The fourth-order valence-corrected chi connectivity index (χ4v) is 1.62. The van der Waals surface area contributed by atoms with E-state index in [1.54, 1.807) is 0 Å². The first kappa shape index (κ1) is 14.5. The lowest BCUT2D eigenvalue weighted by Gasteiger charge is -2.16. The first-order chi connectivity index (χ1) is 8.43. The van der Waals surface area contributed by atoms with Crippen LogP contribution < -0.4 is 0 Å². The highest BCUT2D eigenvalue weighted by molar-refractivity contribution is 5.24. The summed E-state index contributed by atoms with van der Waals surface area (Å²) < 4.78 is 37.0. The Hall–Kier alpha value is -1.54. The zero-order chi connectivity index (χ0) is 13.6. The molecule has 0 heterocycles. The molecule has 0 aromatic heterocycles. The predicted molar refractivity (Wildman–Crippen MR) is 62.6 cm³/mol. The molecule has 0 atom stereocenters. The van der Waals surface area contributed by atoms with Gasteiger partial charge < -0.3 is 4.90 Å². The Morgan fingerprint density at radius 2 is 1.83 bits per heavy atom. The third-order valence-corrected chi connectivity index (χ3v) is 2.56. The molecule has 18 heavy (non-hydrogen) atoms. The molecule has 0 fully saturated rings. The second-order valence-electron chi connectivity index (χ2n) is 4.19. The van der Waals surface area contributed by atoms with Crippen molar-refractivity contribution in [2.45, 2.75) is 25.6 Å². The Labute approximate surface area is 105 Å². The third kappa shape index (κ3) is 4.76. The number of nitriles is 1. The molecule has 0 unspecified atom stereocenters. The number of rotatable bonds is 5. The van der Waals surface area contributed by atoms with Gasteiger partial charge in [0.15, 0.2) is 0 Å². The second-order valence-corrected chi connectivity index (χ2v) is 4.19. The van der Waals surface area contributed by atoms with Gasteiger partial charge in [-0.2, -0.15) is 18.4 Å². The molecule has 0 saturated carbocycles. The van der Waals surface area contributed by atoms with E-state index in [1.165, 1.54) is 12.1 Å². The largest absolute Gasteiger partial charge is 0.416 e. The van der Waals surface area contributed by atoms with E-state index in [-0.39, 0.29) is 0 Å². The second kappa shape index (κ2) is 6.41. The summed E-state index contributed by atoms with van der Waals surface area (Å²) in [5, 5.41) is 8.40. The Morgan fingerprint density at radius 3 is 2.33 bits per heavy atom. The van der Waals surface area contributed by atoms with Crippen molar-refractivity contribution in [3.05, 3.63) is 35.4 Å². The van der Waals surface area contributed by atoms with Crippen LogP contribution in [0.3, 0.4) is 0 Å². The summed E-state index contributed by atoms with van der Waals surface area (Å²) in [4.78, 5) is 1.99. The van der Waals surface area contributed by atoms with Crippen molar-refractivity contribution >= 4 is 0 Å². The summed E-state index contributed by atoms with van der Waals surface area (Å²) in [6.07, 6.45) is -3.01. The molecule has 0 spiro atoms. The van der Waals surface area contributed by atoms with Crippen molar-refractivity contribution in [1.82, 2.24) is 4.90 Å². The SMILES string of the molecule is CN(CCCC#N)Cc1ccc(C(F)(F)F)cc1. The first-order valence-corrected chi connectivity index (χ1v) is 5.65. The molecule has 0 N–H and O–H groups in total. The Bertz CT molecular complexity index is 404. The van der Waals surface area contributed by atoms with Crippen molar-refractivity contribution in [2.24, 2.45) is 0 Å². The number of benzene rings is 1. The fourth-order valence-electron chi connectivity index (χ4n) is 1.62. The van der Waals surface area contributed by atoms with Gasteiger partial charge in [-0.3, -0.25) is 0 Å². The van der Waals surface area contributed by atoms with Gasteiger partial charge in [0.2, 0.25) is 0 Å². The number of hydrogen-bond donors (Lipinski definition) is 0. The molecule has 2 nitrogen and oxygen atoms in total. The summed E-state index contributed by atoms with van der Waals surface area (Å²) in [7, 11) is 1.88. The molecule has 1 aromatic carbocycles. The number of nitrogens with zero attached hydrogens (tertiary/aromatic N) is 2. The summed E-state index contributed by atoms with van der Waals surface area (Å²) in [6, 6.07) is 7.23. The molecule has 0 saturated heterocycles. The van der Waals surface area contributed by atoms with Gasteiger partial charge in [-0.25, -0.2) is 0 Å². The minimum atomic E-state index is -4.28. The average Bonchev–Trinajstić information content (AvgIpc) is 2.29. The smallest absolute Gasteiger partial charge is 0.302 e. The number of unbranched alkanes of at least 4 members (excludes halogenated alkanes) is 1. The van der Waals surface area contributed by atoms with Crippen LogP contribution in [0, 0.1) is 11.3 Å². The highest BCUT2D eigenvalue weighted by Gasteiger charge is 2.29. The highest BCUT2D eigenvalue weighted by Crippen LogP contribution is 2.29. The number of hydrogen-bond acceptors (Lipinski definition) is 2. The molecule has 0 aliphatic rings. The molecular formula is C13H15F3N2. The van der Waals surface area contributed by atoms with E-state index in [0.717, 1.165) is 30.7 Å². The summed E-state index contributed by atoms with van der Waals surface area (Å²) in [6.45, 7) is 1.35. The summed E-state index contributed by atoms with van der Waals surface area (Å²) in [5.74, 6) is 0. The van der Waals surface area contributed by atoms with E-state index in [0.29, 0.717) is 13.0 Å². The van der Waals surface area contributed by atoms with Crippen LogP contribution >= 0.6 is 0 Å². The Kier molecular flexibility index (Phi) is 5.17. The van der Waals surface area contributed by atoms with E-state index < -0.39 is 11.7 Å². The van der Waals surface area contributed by atoms with Gasteiger partial charge in [-0.15, -0.1) is 0 Å². The minimum absolute atomic E-state index is 0.497. The Balaban J connectivity index is 2.51. The summed E-state index contributed by atoms with van der Waals surface area (Å²) in [5.41, 5.74) is 0.209. The van der Waals surface area contributed by atoms with Crippen molar-refractivity contribution in [3.63, 3.8) is 0 Å². The molecule has 0 radical (unpaired) electrons. The van der Waals surface area contributed by atoms with E-state index in [4.69, 9.17) is 5.26 Å². The van der Waals surface area contributed by atoms with Crippen LogP contribution in [0.4, 0.5) is 13.2 Å². The van der Waals surface area contributed by atoms with Crippen molar-refractivity contribution in [1.29, 1.82) is 5.26 Å². The van der Waals surface area contributed by atoms with Gasteiger partial charge in [-0.1, -0.05) is 12.1 Å². The van der Waals surface area contributed by atoms with Crippen molar-refractivity contribution in [2.75, 3.05) is 13.6 Å². The predicted octanol–water partition coefficient (Wildman–Crippen LogP) is 3.44. The third-order valence-electron chi connectivity index (χ3n) is 2.56. The van der Waals surface area contributed by atoms with Crippen LogP contribution in [0.1, 0.15) is 24.0 Å². The van der Waals surface area contributed by atoms with Crippen molar-refractivity contribution < 1.29 is 13.2 Å². The lowest BCUT2D eigenvalue weighted by atomic mass is 10.1. The van der Waals surface area contributed by atoms with Crippen LogP contribution in [0.15, 0.2) is 24.3 Å². The zero-order valence-electron chi connectivity index (χ0n) is 10.2. The van der Waals surface area contributed by atoms with E-state index in [9.17, 15) is 13.2 Å². The molecule has 1 rings (SSSR count). The van der Waals surface area contributed by atoms with E-state index in [2.05, 4.69) is 6.07 Å². The maximum atomic E-state index is 12.3. The van der Waals surface area contributed by atoms with Gasteiger partial charge in [0.25, 0.3) is 0 Å². The molecule has 0 amide bonds. The molecule has 98 valence electrons. The van der Waals surface area contributed by atoms with Crippen molar-refractivity contribution in [3.8, 4) is 6.07 Å².